The van der Waals surface area contributed by atoms with Crippen molar-refractivity contribution in [2.75, 3.05) is 18.4 Å². The molecule has 3 rings (SSSR count). The minimum atomic E-state index is -3.90. The molecule has 164 valence electrons. The SMILES string of the molecule is Cc1ccc(C)c(S(=O)(=O)N(CCc2ccccc2)CC(=O)Nc2cccc(C#N)c2)c1. The number of aryl methyl sites for hydroxylation is 2. The Morgan fingerprint density at radius 1 is 1.00 bits per heavy atom. The van der Waals surface area contributed by atoms with Crippen molar-refractivity contribution < 1.29 is 13.2 Å². The molecule has 0 bridgehead atoms. The van der Waals surface area contributed by atoms with Gasteiger partial charge in [-0.1, -0.05) is 48.5 Å². The van der Waals surface area contributed by atoms with E-state index < -0.39 is 15.9 Å². The summed E-state index contributed by atoms with van der Waals surface area (Å²) in [5.41, 5.74) is 3.29. The van der Waals surface area contributed by atoms with Gasteiger partial charge in [0.05, 0.1) is 23.1 Å². The highest BCUT2D eigenvalue weighted by Gasteiger charge is 2.28. The lowest BCUT2D eigenvalue weighted by Crippen LogP contribution is -2.39. The van der Waals surface area contributed by atoms with E-state index in [0.29, 0.717) is 23.2 Å². The van der Waals surface area contributed by atoms with Crippen LogP contribution in [-0.2, 0) is 21.2 Å². The first-order chi connectivity index (χ1) is 15.3. The Morgan fingerprint density at radius 2 is 1.75 bits per heavy atom. The molecule has 0 saturated carbocycles. The Labute approximate surface area is 189 Å². The number of nitrogens with zero attached hydrogens (tertiary/aromatic N) is 2. The highest BCUT2D eigenvalue weighted by molar-refractivity contribution is 7.89. The van der Waals surface area contributed by atoms with Gasteiger partial charge in [-0.3, -0.25) is 4.79 Å². The van der Waals surface area contributed by atoms with Gasteiger partial charge in [-0.15, -0.1) is 0 Å². The Balaban J connectivity index is 1.86. The first-order valence-corrected chi connectivity index (χ1v) is 11.6. The Bertz CT molecular complexity index is 1250. The maximum absolute atomic E-state index is 13.5. The third-order valence-electron chi connectivity index (χ3n) is 5.05. The lowest BCUT2D eigenvalue weighted by atomic mass is 10.1. The monoisotopic (exact) mass is 447 g/mol. The van der Waals surface area contributed by atoms with E-state index >= 15 is 0 Å². The van der Waals surface area contributed by atoms with Crippen molar-refractivity contribution in [1.82, 2.24) is 4.31 Å². The number of carbonyl (C=O) groups is 1. The molecule has 0 fully saturated rings. The average Bonchev–Trinajstić information content (AvgIpc) is 2.78. The van der Waals surface area contributed by atoms with Gasteiger partial charge in [0.1, 0.15) is 0 Å². The highest BCUT2D eigenvalue weighted by atomic mass is 32.2. The van der Waals surface area contributed by atoms with Gasteiger partial charge in [-0.25, -0.2) is 8.42 Å². The summed E-state index contributed by atoms with van der Waals surface area (Å²) in [4.78, 5) is 13.0. The Kier molecular flexibility index (Phi) is 7.41. The van der Waals surface area contributed by atoms with Gasteiger partial charge in [0.15, 0.2) is 0 Å². The van der Waals surface area contributed by atoms with E-state index in [2.05, 4.69) is 5.32 Å². The quantitative estimate of drug-likeness (QED) is 0.564. The molecule has 0 spiro atoms. The fraction of sp³-hybridized carbons (Fsp3) is 0.200. The van der Waals surface area contributed by atoms with E-state index in [1.165, 1.54) is 4.31 Å². The predicted octanol–water partition coefficient (Wildman–Crippen LogP) is 4.05. The predicted molar refractivity (Wildman–Crippen MR) is 125 cm³/mol. The fourth-order valence-electron chi connectivity index (χ4n) is 3.33. The van der Waals surface area contributed by atoms with Gasteiger partial charge >= 0.3 is 0 Å². The van der Waals surface area contributed by atoms with Crippen LogP contribution >= 0.6 is 0 Å². The second-order valence-electron chi connectivity index (χ2n) is 7.58. The molecule has 3 aromatic rings. The first kappa shape index (κ1) is 23.2. The van der Waals surface area contributed by atoms with E-state index in [9.17, 15) is 13.2 Å². The topological polar surface area (TPSA) is 90.3 Å². The summed E-state index contributed by atoms with van der Waals surface area (Å²) >= 11 is 0. The number of benzene rings is 3. The largest absolute Gasteiger partial charge is 0.325 e. The molecule has 1 amide bonds. The highest BCUT2D eigenvalue weighted by Crippen LogP contribution is 2.22. The molecule has 3 aromatic carbocycles. The molecule has 0 atom stereocenters. The summed E-state index contributed by atoms with van der Waals surface area (Å²) in [5, 5.41) is 11.7. The van der Waals surface area contributed by atoms with Crippen molar-refractivity contribution in [3.8, 4) is 6.07 Å². The van der Waals surface area contributed by atoms with E-state index in [-0.39, 0.29) is 18.0 Å². The van der Waals surface area contributed by atoms with Crippen LogP contribution in [0.2, 0.25) is 0 Å². The van der Waals surface area contributed by atoms with Crippen LogP contribution in [0.1, 0.15) is 22.3 Å². The van der Waals surface area contributed by atoms with E-state index in [1.54, 1.807) is 43.3 Å². The zero-order valence-electron chi connectivity index (χ0n) is 18.1. The van der Waals surface area contributed by atoms with Crippen LogP contribution in [0.5, 0.6) is 0 Å². The number of hydrogen-bond donors (Lipinski definition) is 1. The van der Waals surface area contributed by atoms with Gasteiger partial charge in [-0.2, -0.15) is 9.57 Å². The number of nitriles is 1. The van der Waals surface area contributed by atoms with Crippen molar-refractivity contribution in [2.45, 2.75) is 25.2 Å². The Hall–Kier alpha value is -3.47. The van der Waals surface area contributed by atoms with Crippen LogP contribution in [0.4, 0.5) is 5.69 Å². The van der Waals surface area contributed by atoms with Crippen LogP contribution in [0, 0.1) is 25.2 Å². The van der Waals surface area contributed by atoms with Crippen LogP contribution in [-0.4, -0.2) is 31.7 Å². The van der Waals surface area contributed by atoms with E-state index in [4.69, 9.17) is 5.26 Å². The maximum Gasteiger partial charge on any atom is 0.243 e. The van der Waals surface area contributed by atoms with Gasteiger partial charge in [0, 0.05) is 12.2 Å². The number of nitrogens with one attached hydrogen (secondary N) is 1. The van der Waals surface area contributed by atoms with Crippen molar-refractivity contribution in [3.05, 3.63) is 95.1 Å². The summed E-state index contributed by atoms with van der Waals surface area (Å²) in [6.45, 7) is 3.40. The Morgan fingerprint density at radius 3 is 2.47 bits per heavy atom. The molecule has 0 radical (unpaired) electrons. The van der Waals surface area contributed by atoms with Crippen molar-refractivity contribution >= 4 is 21.6 Å². The molecule has 0 saturated heterocycles. The third kappa shape index (κ3) is 5.82. The molecule has 0 aromatic heterocycles. The normalized spacial score (nSPS) is 11.2. The number of anilines is 1. The van der Waals surface area contributed by atoms with Crippen LogP contribution < -0.4 is 5.32 Å². The zero-order chi connectivity index (χ0) is 23.1. The van der Waals surface area contributed by atoms with Crippen LogP contribution in [0.25, 0.3) is 0 Å². The van der Waals surface area contributed by atoms with Crippen LogP contribution in [0.15, 0.2) is 77.7 Å². The lowest BCUT2D eigenvalue weighted by molar-refractivity contribution is -0.116. The minimum Gasteiger partial charge on any atom is -0.325 e. The smallest absolute Gasteiger partial charge is 0.243 e. The maximum atomic E-state index is 13.5. The number of rotatable bonds is 8. The van der Waals surface area contributed by atoms with Crippen molar-refractivity contribution in [1.29, 1.82) is 5.26 Å². The lowest BCUT2D eigenvalue weighted by Gasteiger charge is -2.23. The van der Waals surface area contributed by atoms with E-state index in [1.807, 2.05) is 49.4 Å². The van der Waals surface area contributed by atoms with Gasteiger partial charge < -0.3 is 5.32 Å². The molecule has 0 heterocycles. The molecular formula is C25H25N3O3S. The molecule has 7 heteroatoms. The molecule has 0 unspecified atom stereocenters. The second kappa shape index (κ2) is 10.2. The van der Waals surface area contributed by atoms with Crippen LogP contribution in [0.3, 0.4) is 0 Å². The number of hydrogen-bond acceptors (Lipinski definition) is 4. The van der Waals surface area contributed by atoms with E-state index in [0.717, 1.165) is 11.1 Å². The third-order valence-corrected chi connectivity index (χ3v) is 7.04. The molecule has 0 aliphatic carbocycles. The van der Waals surface area contributed by atoms with Gasteiger partial charge in [0.25, 0.3) is 0 Å². The van der Waals surface area contributed by atoms with Gasteiger partial charge in [-0.05, 0) is 61.2 Å². The summed E-state index contributed by atoms with van der Waals surface area (Å²) in [7, 11) is -3.90. The second-order valence-corrected chi connectivity index (χ2v) is 9.49. The molecule has 6 nitrogen and oxygen atoms in total. The summed E-state index contributed by atoms with van der Waals surface area (Å²) in [5.74, 6) is -0.470. The average molecular weight is 448 g/mol. The molecule has 0 aliphatic rings. The first-order valence-electron chi connectivity index (χ1n) is 10.2. The van der Waals surface area contributed by atoms with Crippen molar-refractivity contribution in [3.63, 3.8) is 0 Å². The standard InChI is InChI=1S/C25H25N3O3S/c1-19-11-12-20(2)24(15-19)32(30,31)28(14-13-21-7-4-3-5-8-21)18-25(29)27-23-10-6-9-22(16-23)17-26/h3-12,15-16H,13-14,18H2,1-2H3,(H,27,29). The minimum absolute atomic E-state index is 0.158. The molecule has 0 aliphatic heterocycles. The molecule has 1 N–H and O–H groups in total. The molecule has 32 heavy (non-hydrogen) atoms. The number of amides is 1. The number of sulfonamides is 1. The summed E-state index contributed by atoms with van der Waals surface area (Å²) in [6, 6.07) is 23.3. The van der Waals surface area contributed by atoms with Crippen molar-refractivity contribution in [2.24, 2.45) is 0 Å². The zero-order valence-corrected chi connectivity index (χ0v) is 18.9. The fourth-order valence-corrected chi connectivity index (χ4v) is 5.04. The van der Waals surface area contributed by atoms with Gasteiger partial charge in [0.2, 0.25) is 15.9 Å². The molecular weight excluding hydrogens is 422 g/mol. The summed E-state index contributed by atoms with van der Waals surface area (Å²) in [6.07, 6.45) is 0.474. The number of carbonyl (C=O) groups excluding carboxylic acids is 1. The summed E-state index contributed by atoms with van der Waals surface area (Å²) < 4.78 is 28.2.